The maximum Gasteiger partial charge on any atom is 0.224 e. The molecule has 5 heteroatoms. The number of amides is 1. The van der Waals surface area contributed by atoms with Gasteiger partial charge in [0.25, 0.3) is 0 Å². The highest BCUT2D eigenvalue weighted by Crippen LogP contribution is 2.28. The molecule has 1 saturated carbocycles. The Kier molecular flexibility index (Phi) is 7.63. The average Bonchev–Trinajstić information content (AvgIpc) is 3.15. The minimum atomic E-state index is 0.0129. The molecule has 4 rings (SSSR count). The van der Waals surface area contributed by atoms with Gasteiger partial charge in [-0.15, -0.1) is 0 Å². The second-order valence-electron chi connectivity index (χ2n) is 8.68. The summed E-state index contributed by atoms with van der Waals surface area (Å²) in [6.45, 7) is 1.69. The van der Waals surface area contributed by atoms with Crippen molar-refractivity contribution in [3.63, 3.8) is 0 Å². The minimum absolute atomic E-state index is 0.0129. The summed E-state index contributed by atoms with van der Waals surface area (Å²) in [6, 6.07) is 15.9. The van der Waals surface area contributed by atoms with E-state index >= 15 is 0 Å². The molecule has 1 aliphatic carbocycles. The Morgan fingerprint density at radius 1 is 1.06 bits per heavy atom. The van der Waals surface area contributed by atoms with Gasteiger partial charge in [-0.3, -0.25) is 4.79 Å². The molecular weight excluding hydrogens is 406 g/mol. The maximum absolute atomic E-state index is 12.3. The molecule has 0 saturated heterocycles. The van der Waals surface area contributed by atoms with E-state index in [1.807, 2.05) is 24.3 Å². The fraction of sp³-hybridized carbons (Fsp3) is 0.462. The fourth-order valence-electron chi connectivity index (χ4n) is 4.70. The first kappa shape index (κ1) is 21.9. The molecule has 1 N–H and O–H groups in total. The lowest BCUT2D eigenvalue weighted by molar-refractivity contribution is -0.120. The van der Waals surface area contributed by atoms with Gasteiger partial charge in [0.1, 0.15) is 5.82 Å². The van der Waals surface area contributed by atoms with Crippen LogP contribution in [0.3, 0.4) is 0 Å². The number of nitrogens with zero attached hydrogens (tertiary/aromatic N) is 2. The zero-order valence-electron chi connectivity index (χ0n) is 18.2. The predicted molar refractivity (Wildman–Crippen MR) is 127 cm³/mol. The standard InChI is InChI=1S/C26H32ClN3O/c27-22-12-5-4-11-21(22)19-26(31)28-17-8-15-25-29-23-13-6-7-14-24(23)30(25)18-16-20-9-2-1-3-10-20/h4-7,11-14,20H,1-3,8-10,15-19H2,(H,28,31). The highest BCUT2D eigenvalue weighted by molar-refractivity contribution is 6.31. The van der Waals surface area contributed by atoms with Crippen molar-refractivity contribution in [3.8, 4) is 0 Å². The molecule has 0 unspecified atom stereocenters. The third-order valence-corrected chi connectivity index (χ3v) is 6.80. The van der Waals surface area contributed by atoms with Gasteiger partial charge in [0.05, 0.1) is 17.5 Å². The van der Waals surface area contributed by atoms with Crippen LogP contribution in [-0.4, -0.2) is 22.0 Å². The Balaban J connectivity index is 1.32. The van der Waals surface area contributed by atoms with Gasteiger partial charge < -0.3 is 9.88 Å². The van der Waals surface area contributed by atoms with Gasteiger partial charge in [-0.1, -0.05) is 74.0 Å². The number of benzene rings is 2. The first-order valence-electron chi connectivity index (χ1n) is 11.6. The van der Waals surface area contributed by atoms with E-state index < -0.39 is 0 Å². The van der Waals surface area contributed by atoms with Crippen molar-refractivity contribution in [1.29, 1.82) is 0 Å². The Labute approximate surface area is 190 Å². The van der Waals surface area contributed by atoms with Crippen molar-refractivity contribution < 1.29 is 4.79 Å². The number of fused-ring (bicyclic) bond motifs is 1. The van der Waals surface area contributed by atoms with E-state index in [1.54, 1.807) is 0 Å². The fourth-order valence-corrected chi connectivity index (χ4v) is 4.91. The molecule has 2 aromatic carbocycles. The predicted octanol–water partition coefficient (Wildman–Crippen LogP) is 5.95. The molecule has 0 spiro atoms. The molecule has 1 amide bonds. The second-order valence-corrected chi connectivity index (χ2v) is 9.09. The highest BCUT2D eigenvalue weighted by Gasteiger charge is 2.16. The number of imidazole rings is 1. The van der Waals surface area contributed by atoms with E-state index in [-0.39, 0.29) is 5.91 Å². The topological polar surface area (TPSA) is 46.9 Å². The summed E-state index contributed by atoms with van der Waals surface area (Å²) in [5.74, 6) is 2.00. The summed E-state index contributed by atoms with van der Waals surface area (Å²) < 4.78 is 2.41. The number of halogens is 1. The number of hydrogen-bond acceptors (Lipinski definition) is 2. The van der Waals surface area contributed by atoms with E-state index in [1.165, 1.54) is 44.0 Å². The third kappa shape index (κ3) is 5.88. The molecule has 4 nitrogen and oxygen atoms in total. The number of para-hydroxylation sites is 2. The lowest BCUT2D eigenvalue weighted by Crippen LogP contribution is -2.26. The van der Waals surface area contributed by atoms with E-state index in [9.17, 15) is 4.79 Å². The average molecular weight is 438 g/mol. The molecule has 0 aliphatic heterocycles. The van der Waals surface area contributed by atoms with Crippen LogP contribution >= 0.6 is 11.6 Å². The number of carbonyl (C=O) groups is 1. The van der Waals surface area contributed by atoms with Crippen molar-refractivity contribution in [2.75, 3.05) is 6.54 Å². The minimum Gasteiger partial charge on any atom is -0.356 e. The van der Waals surface area contributed by atoms with E-state index in [2.05, 4.69) is 34.1 Å². The van der Waals surface area contributed by atoms with Gasteiger partial charge in [0.2, 0.25) is 5.91 Å². The number of hydrogen-bond donors (Lipinski definition) is 1. The molecule has 1 aliphatic rings. The molecule has 31 heavy (non-hydrogen) atoms. The number of nitrogens with one attached hydrogen (secondary N) is 1. The number of carbonyl (C=O) groups excluding carboxylic acids is 1. The Morgan fingerprint density at radius 2 is 1.84 bits per heavy atom. The molecule has 1 aromatic heterocycles. The molecule has 164 valence electrons. The Morgan fingerprint density at radius 3 is 2.68 bits per heavy atom. The van der Waals surface area contributed by atoms with Crippen LogP contribution in [0.25, 0.3) is 11.0 Å². The van der Waals surface area contributed by atoms with Gasteiger partial charge >= 0.3 is 0 Å². The molecule has 0 radical (unpaired) electrons. The largest absolute Gasteiger partial charge is 0.356 e. The molecule has 3 aromatic rings. The van der Waals surface area contributed by atoms with Gasteiger partial charge in [0.15, 0.2) is 0 Å². The summed E-state index contributed by atoms with van der Waals surface area (Å²) in [7, 11) is 0. The first-order chi connectivity index (χ1) is 15.2. The van der Waals surface area contributed by atoms with E-state index in [0.717, 1.165) is 42.2 Å². The van der Waals surface area contributed by atoms with Crippen molar-refractivity contribution >= 4 is 28.5 Å². The van der Waals surface area contributed by atoms with Crippen LogP contribution in [0.4, 0.5) is 0 Å². The van der Waals surface area contributed by atoms with Crippen LogP contribution in [-0.2, 0) is 24.2 Å². The second kappa shape index (κ2) is 10.8. The van der Waals surface area contributed by atoms with Crippen molar-refractivity contribution in [1.82, 2.24) is 14.9 Å². The van der Waals surface area contributed by atoms with Crippen LogP contribution in [0, 0.1) is 5.92 Å². The zero-order chi connectivity index (χ0) is 21.5. The Hall–Kier alpha value is -2.33. The normalized spacial score (nSPS) is 14.7. The smallest absolute Gasteiger partial charge is 0.224 e. The van der Waals surface area contributed by atoms with E-state index in [4.69, 9.17) is 16.6 Å². The van der Waals surface area contributed by atoms with Crippen LogP contribution < -0.4 is 5.32 Å². The highest BCUT2D eigenvalue weighted by atomic mass is 35.5. The van der Waals surface area contributed by atoms with Crippen molar-refractivity contribution in [3.05, 3.63) is 64.9 Å². The molecular formula is C26H32ClN3O. The van der Waals surface area contributed by atoms with Crippen LogP contribution in [0.1, 0.15) is 56.3 Å². The number of aromatic nitrogens is 2. The zero-order valence-corrected chi connectivity index (χ0v) is 18.9. The monoisotopic (exact) mass is 437 g/mol. The lowest BCUT2D eigenvalue weighted by Gasteiger charge is -2.22. The van der Waals surface area contributed by atoms with Crippen LogP contribution in [0.2, 0.25) is 5.02 Å². The van der Waals surface area contributed by atoms with Crippen LogP contribution in [0.15, 0.2) is 48.5 Å². The first-order valence-corrected chi connectivity index (χ1v) is 12.0. The van der Waals surface area contributed by atoms with Gasteiger partial charge in [0, 0.05) is 24.5 Å². The molecule has 1 fully saturated rings. The third-order valence-electron chi connectivity index (χ3n) is 6.43. The lowest BCUT2D eigenvalue weighted by atomic mass is 9.87. The van der Waals surface area contributed by atoms with Gasteiger partial charge in [-0.05, 0) is 42.5 Å². The van der Waals surface area contributed by atoms with Crippen molar-refractivity contribution in [2.45, 2.75) is 64.3 Å². The van der Waals surface area contributed by atoms with E-state index in [0.29, 0.717) is 18.0 Å². The summed E-state index contributed by atoms with van der Waals surface area (Å²) in [5.41, 5.74) is 3.17. The molecule has 0 atom stereocenters. The summed E-state index contributed by atoms with van der Waals surface area (Å²) in [4.78, 5) is 17.2. The maximum atomic E-state index is 12.3. The number of aryl methyl sites for hydroxylation is 2. The van der Waals surface area contributed by atoms with Gasteiger partial charge in [-0.2, -0.15) is 0 Å². The van der Waals surface area contributed by atoms with Crippen LogP contribution in [0.5, 0.6) is 0 Å². The van der Waals surface area contributed by atoms with Gasteiger partial charge in [-0.25, -0.2) is 4.98 Å². The molecule has 1 heterocycles. The quantitative estimate of drug-likeness (QED) is 0.420. The summed E-state index contributed by atoms with van der Waals surface area (Å²) in [6.07, 6.45) is 10.2. The Bertz CT molecular complexity index is 1010. The summed E-state index contributed by atoms with van der Waals surface area (Å²) >= 11 is 6.16. The summed E-state index contributed by atoms with van der Waals surface area (Å²) in [5, 5.41) is 3.67. The number of rotatable bonds is 9. The SMILES string of the molecule is O=C(Cc1ccccc1Cl)NCCCc1nc2ccccc2n1CCC1CCCCC1. The molecule has 0 bridgehead atoms. The van der Waals surface area contributed by atoms with Crippen molar-refractivity contribution in [2.24, 2.45) is 5.92 Å².